The van der Waals surface area contributed by atoms with E-state index < -0.39 is 0 Å². The molecule has 2 nitrogen and oxygen atoms in total. The molecule has 0 bridgehead atoms. The molecular weight excluding hydrogens is 289 g/mol. The fourth-order valence-corrected chi connectivity index (χ4v) is 3.21. The molecule has 1 aliphatic heterocycles. The van der Waals surface area contributed by atoms with Gasteiger partial charge in [0.1, 0.15) is 5.82 Å². The third-order valence-corrected chi connectivity index (χ3v) is 4.65. The molecule has 0 aliphatic carbocycles. The number of hydrogen-bond donors (Lipinski definition) is 1. The Morgan fingerprint density at radius 2 is 2.24 bits per heavy atom. The van der Waals surface area contributed by atoms with Crippen molar-refractivity contribution in [3.8, 4) is 0 Å². The fraction of sp³-hybridized carbons (Fsp3) is 0.647. The van der Waals surface area contributed by atoms with Crippen molar-refractivity contribution in [2.24, 2.45) is 11.3 Å². The highest BCUT2D eigenvalue weighted by Crippen LogP contribution is 2.38. The van der Waals surface area contributed by atoms with Crippen LogP contribution in [0.5, 0.6) is 0 Å². The van der Waals surface area contributed by atoms with Gasteiger partial charge in [-0.15, -0.1) is 0 Å². The second-order valence-electron chi connectivity index (χ2n) is 6.56. The Morgan fingerprint density at radius 1 is 1.48 bits per heavy atom. The SMILES string of the molecule is CC(C)CNCC1(Cc2cc(Cl)ccc2F)CCOC1C. The number of ether oxygens (including phenoxy) is 1. The average molecular weight is 314 g/mol. The quantitative estimate of drug-likeness (QED) is 0.855. The number of nitrogens with one attached hydrogen (secondary N) is 1. The molecule has 1 fully saturated rings. The number of benzene rings is 1. The third-order valence-electron chi connectivity index (χ3n) is 4.41. The van der Waals surface area contributed by atoms with Crippen LogP contribution in [-0.2, 0) is 11.2 Å². The van der Waals surface area contributed by atoms with E-state index in [1.807, 2.05) is 0 Å². The van der Waals surface area contributed by atoms with Gasteiger partial charge in [-0.1, -0.05) is 25.4 Å². The van der Waals surface area contributed by atoms with Gasteiger partial charge in [-0.25, -0.2) is 4.39 Å². The Hall–Kier alpha value is -0.640. The molecule has 2 rings (SSSR count). The highest BCUT2D eigenvalue weighted by Gasteiger charge is 2.41. The zero-order valence-corrected chi connectivity index (χ0v) is 13.8. The Balaban J connectivity index is 2.14. The second kappa shape index (κ2) is 7.08. The van der Waals surface area contributed by atoms with Crippen LogP contribution >= 0.6 is 11.6 Å². The second-order valence-corrected chi connectivity index (χ2v) is 7.00. The van der Waals surface area contributed by atoms with E-state index >= 15 is 0 Å². The standard InChI is InChI=1S/C17H25ClFNO/c1-12(2)10-20-11-17(6-7-21-13(17)3)9-14-8-15(18)4-5-16(14)19/h4-5,8,12-13,20H,6-7,9-11H2,1-3H3. The largest absolute Gasteiger partial charge is 0.378 e. The van der Waals surface area contributed by atoms with E-state index in [2.05, 4.69) is 26.1 Å². The lowest BCUT2D eigenvalue weighted by atomic mass is 9.76. The predicted octanol–water partition coefficient (Wildman–Crippen LogP) is 4.06. The first-order chi connectivity index (χ1) is 9.93. The van der Waals surface area contributed by atoms with Gasteiger partial charge in [0.2, 0.25) is 0 Å². The van der Waals surface area contributed by atoms with Crippen LogP contribution in [0.1, 0.15) is 32.8 Å². The average Bonchev–Trinajstić information content (AvgIpc) is 2.75. The fourth-order valence-electron chi connectivity index (χ4n) is 3.01. The van der Waals surface area contributed by atoms with E-state index in [1.165, 1.54) is 6.07 Å². The van der Waals surface area contributed by atoms with Gasteiger partial charge in [0, 0.05) is 23.6 Å². The maximum atomic E-state index is 14.1. The number of hydrogen-bond acceptors (Lipinski definition) is 2. The minimum absolute atomic E-state index is 0.0551. The Morgan fingerprint density at radius 3 is 2.86 bits per heavy atom. The van der Waals surface area contributed by atoms with Gasteiger partial charge in [-0.2, -0.15) is 0 Å². The van der Waals surface area contributed by atoms with E-state index in [0.717, 1.165) is 26.1 Å². The Kier molecular flexibility index (Phi) is 5.64. The molecule has 118 valence electrons. The molecule has 0 radical (unpaired) electrons. The lowest BCUT2D eigenvalue weighted by Gasteiger charge is -2.33. The lowest BCUT2D eigenvalue weighted by Crippen LogP contribution is -2.42. The molecule has 1 saturated heterocycles. The topological polar surface area (TPSA) is 21.3 Å². The van der Waals surface area contributed by atoms with E-state index in [4.69, 9.17) is 16.3 Å². The van der Waals surface area contributed by atoms with Crippen LogP contribution < -0.4 is 5.32 Å². The highest BCUT2D eigenvalue weighted by molar-refractivity contribution is 6.30. The van der Waals surface area contributed by atoms with Gasteiger partial charge in [-0.05, 0) is 56.0 Å². The summed E-state index contributed by atoms with van der Waals surface area (Å²) in [6, 6.07) is 4.79. The van der Waals surface area contributed by atoms with Gasteiger partial charge in [0.25, 0.3) is 0 Å². The summed E-state index contributed by atoms with van der Waals surface area (Å²) in [6.45, 7) is 9.01. The van der Waals surface area contributed by atoms with Crippen molar-refractivity contribution in [2.45, 2.75) is 39.7 Å². The number of rotatable bonds is 6. The van der Waals surface area contributed by atoms with Crippen LogP contribution in [0.2, 0.25) is 5.02 Å². The molecule has 1 aromatic carbocycles. The van der Waals surface area contributed by atoms with Gasteiger partial charge in [-0.3, -0.25) is 0 Å². The number of halogens is 2. The molecule has 21 heavy (non-hydrogen) atoms. The Labute approximate surface area is 132 Å². The van der Waals surface area contributed by atoms with E-state index in [-0.39, 0.29) is 17.3 Å². The summed E-state index contributed by atoms with van der Waals surface area (Å²) < 4.78 is 19.8. The molecule has 0 aromatic heterocycles. The van der Waals surface area contributed by atoms with Gasteiger partial charge < -0.3 is 10.1 Å². The molecule has 1 heterocycles. The van der Waals surface area contributed by atoms with E-state index in [9.17, 15) is 4.39 Å². The van der Waals surface area contributed by atoms with Crippen molar-refractivity contribution < 1.29 is 9.13 Å². The maximum Gasteiger partial charge on any atom is 0.126 e. The van der Waals surface area contributed by atoms with Crippen LogP contribution in [0.25, 0.3) is 0 Å². The normalized spacial score (nSPS) is 25.7. The maximum absolute atomic E-state index is 14.1. The molecule has 0 saturated carbocycles. The molecular formula is C17H25ClFNO. The minimum Gasteiger partial charge on any atom is -0.378 e. The van der Waals surface area contributed by atoms with Gasteiger partial charge >= 0.3 is 0 Å². The third kappa shape index (κ3) is 4.18. The van der Waals surface area contributed by atoms with Crippen LogP contribution in [-0.4, -0.2) is 25.8 Å². The summed E-state index contributed by atoms with van der Waals surface area (Å²) in [5.41, 5.74) is 0.631. The first-order valence-corrected chi connectivity index (χ1v) is 8.07. The van der Waals surface area contributed by atoms with Gasteiger partial charge in [0.15, 0.2) is 0 Å². The van der Waals surface area contributed by atoms with Crippen molar-refractivity contribution in [1.29, 1.82) is 0 Å². The lowest BCUT2D eigenvalue weighted by molar-refractivity contribution is 0.0623. The summed E-state index contributed by atoms with van der Waals surface area (Å²) in [5, 5.41) is 4.10. The van der Waals surface area contributed by atoms with Crippen molar-refractivity contribution >= 4 is 11.6 Å². The molecule has 1 N–H and O–H groups in total. The van der Waals surface area contributed by atoms with Crippen LogP contribution in [0.3, 0.4) is 0 Å². The Bertz CT molecular complexity index is 480. The highest BCUT2D eigenvalue weighted by atomic mass is 35.5. The summed E-state index contributed by atoms with van der Waals surface area (Å²) in [4.78, 5) is 0. The molecule has 2 unspecified atom stereocenters. The van der Waals surface area contributed by atoms with Crippen molar-refractivity contribution in [3.05, 3.63) is 34.6 Å². The first-order valence-electron chi connectivity index (χ1n) is 7.69. The van der Waals surface area contributed by atoms with Crippen molar-refractivity contribution in [3.63, 3.8) is 0 Å². The van der Waals surface area contributed by atoms with E-state index in [0.29, 0.717) is 22.9 Å². The van der Waals surface area contributed by atoms with Gasteiger partial charge in [0.05, 0.1) is 6.10 Å². The molecule has 1 aliphatic rings. The summed E-state index contributed by atoms with van der Waals surface area (Å²) in [5.74, 6) is 0.421. The zero-order valence-electron chi connectivity index (χ0n) is 13.1. The summed E-state index contributed by atoms with van der Waals surface area (Å²) in [7, 11) is 0. The monoisotopic (exact) mass is 313 g/mol. The van der Waals surface area contributed by atoms with Crippen molar-refractivity contribution in [1.82, 2.24) is 5.32 Å². The molecule has 4 heteroatoms. The minimum atomic E-state index is -0.179. The summed E-state index contributed by atoms with van der Waals surface area (Å²) in [6.07, 6.45) is 1.73. The molecule has 0 amide bonds. The van der Waals surface area contributed by atoms with Crippen molar-refractivity contribution in [2.75, 3.05) is 19.7 Å². The summed E-state index contributed by atoms with van der Waals surface area (Å²) >= 11 is 6.02. The molecule has 0 spiro atoms. The zero-order chi connectivity index (χ0) is 15.5. The first kappa shape index (κ1) is 16.7. The predicted molar refractivity (Wildman–Crippen MR) is 85.3 cm³/mol. The van der Waals surface area contributed by atoms with Crippen LogP contribution in [0.4, 0.5) is 4.39 Å². The van der Waals surface area contributed by atoms with Crippen LogP contribution in [0.15, 0.2) is 18.2 Å². The molecule has 1 aromatic rings. The van der Waals surface area contributed by atoms with Crippen LogP contribution in [0, 0.1) is 17.2 Å². The molecule has 2 atom stereocenters. The smallest absolute Gasteiger partial charge is 0.126 e. The van der Waals surface area contributed by atoms with E-state index in [1.54, 1.807) is 12.1 Å².